The van der Waals surface area contributed by atoms with Gasteiger partial charge in [0.15, 0.2) is 0 Å². The quantitative estimate of drug-likeness (QED) is 0.243. The minimum atomic E-state index is -0.556. The molecule has 0 heterocycles. The van der Waals surface area contributed by atoms with Crippen LogP contribution >= 0.6 is 18.6 Å². The van der Waals surface area contributed by atoms with Crippen molar-refractivity contribution in [2.45, 2.75) is 95.9 Å². The summed E-state index contributed by atoms with van der Waals surface area (Å²) >= 11 is -0.556. The molecule has 0 aliphatic heterocycles. The van der Waals surface area contributed by atoms with Crippen molar-refractivity contribution in [3.63, 3.8) is 0 Å². The second-order valence-corrected chi connectivity index (χ2v) is 14.5. The summed E-state index contributed by atoms with van der Waals surface area (Å²) in [6.07, 6.45) is 13.9. The van der Waals surface area contributed by atoms with E-state index in [1.807, 2.05) is 0 Å². The molecule has 0 aromatic carbocycles. The van der Waals surface area contributed by atoms with Crippen molar-refractivity contribution in [3.05, 3.63) is 46.6 Å². The zero-order valence-electron chi connectivity index (χ0n) is 20.8. The van der Waals surface area contributed by atoms with E-state index in [9.17, 15) is 0 Å². The molecule has 0 radical (unpaired) electrons. The summed E-state index contributed by atoms with van der Waals surface area (Å²) in [6, 6.07) is 0. The monoisotopic (exact) mass is 472 g/mol. The van der Waals surface area contributed by atoms with Crippen LogP contribution in [0.25, 0.3) is 0 Å². The van der Waals surface area contributed by atoms with Crippen molar-refractivity contribution in [2.75, 3.05) is 0 Å². The summed E-state index contributed by atoms with van der Waals surface area (Å²) in [6.45, 7) is 27.0. The molecule has 166 valence electrons. The molecular formula is C26H42Cl2Ti-2. The molecule has 0 unspecified atom stereocenters. The van der Waals surface area contributed by atoms with E-state index < -0.39 is 17.0 Å². The number of rotatable bonds is 0. The van der Waals surface area contributed by atoms with Gasteiger partial charge in [-0.25, -0.2) is 35.5 Å². The molecule has 2 aliphatic carbocycles. The normalized spacial score (nSPS) is 17.2. The second-order valence-electron chi connectivity index (χ2n) is 11.9. The molecule has 0 N–H and O–H groups in total. The maximum absolute atomic E-state index is 4.89. The third-order valence-corrected chi connectivity index (χ3v) is 5.02. The zero-order valence-corrected chi connectivity index (χ0v) is 23.9. The van der Waals surface area contributed by atoms with Crippen LogP contribution < -0.4 is 0 Å². The molecule has 0 spiro atoms. The standard InChI is InChI=1S/2C13H21.2ClH.Ti/c2*1-12(2,3)10-7-8-11(9-10)13(4,5)6;;;/h2*7H,8H2,1-6H3;2*1H;/q2*-1;;;+2/p-2. The number of hydrogen-bond acceptors (Lipinski definition) is 0. The van der Waals surface area contributed by atoms with Gasteiger partial charge >= 0.3 is 35.6 Å². The maximum atomic E-state index is 4.89. The van der Waals surface area contributed by atoms with Gasteiger partial charge in [0.2, 0.25) is 0 Å². The fourth-order valence-corrected chi connectivity index (χ4v) is 2.91. The Balaban J connectivity index is 0.000000477. The summed E-state index contributed by atoms with van der Waals surface area (Å²) in [5.41, 5.74) is 6.71. The summed E-state index contributed by atoms with van der Waals surface area (Å²) in [7, 11) is 9.78. The van der Waals surface area contributed by atoms with Gasteiger partial charge in [-0.2, -0.15) is 11.1 Å². The molecule has 0 atom stereocenters. The summed E-state index contributed by atoms with van der Waals surface area (Å²) in [5.74, 6) is 0. The van der Waals surface area contributed by atoms with Crippen LogP contribution in [-0.2, 0) is 17.0 Å². The van der Waals surface area contributed by atoms with E-state index in [0.29, 0.717) is 0 Å². The number of halogens is 2. The number of allylic oxidation sites excluding steroid dienone is 8. The van der Waals surface area contributed by atoms with Crippen LogP contribution in [0, 0.1) is 33.8 Å². The van der Waals surface area contributed by atoms with Gasteiger partial charge in [-0.05, 0) is 21.7 Å². The van der Waals surface area contributed by atoms with Gasteiger partial charge in [0.1, 0.15) is 0 Å². The molecule has 29 heavy (non-hydrogen) atoms. The van der Waals surface area contributed by atoms with Crippen molar-refractivity contribution in [1.29, 1.82) is 0 Å². The summed E-state index contributed by atoms with van der Waals surface area (Å²) in [4.78, 5) is 0. The average Bonchev–Trinajstić information content (AvgIpc) is 3.16. The Bertz CT molecular complexity index is 591. The van der Waals surface area contributed by atoms with Crippen LogP contribution in [0.1, 0.15) is 95.9 Å². The average molecular weight is 473 g/mol. The van der Waals surface area contributed by atoms with E-state index in [2.05, 4.69) is 107 Å². The molecular weight excluding hydrogens is 431 g/mol. The Morgan fingerprint density at radius 1 is 0.586 bits per heavy atom. The molecule has 3 heteroatoms. The topological polar surface area (TPSA) is 0 Å². The summed E-state index contributed by atoms with van der Waals surface area (Å²) < 4.78 is 0. The fourth-order valence-electron chi connectivity index (χ4n) is 2.91. The van der Waals surface area contributed by atoms with Crippen molar-refractivity contribution in [3.8, 4) is 0 Å². The van der Waals surface area contributed by atoms with Gasteiger partial charge in [-0.15, -0.1) is 0 Å². The first-order chi connectivity index (χ1) is 12.8. The Kier molecular flexibility index (Phi) is 11.3. The first-order valence-electron chi connectivity index (χ1n) is 10.5. The zero-order chi connectivity index (χ0) is 23.3. The van der Waals surface area contributed by atoms with E-state index in [0.717, 1.165) is 12.8 Å². The molecule has 0 amide bonds. The van der Waals surface area contributed by atoms with E-state index in [-0.39, 0.29) is 21.7 Å². The Morgan fingerprint density at radius 3 is 0.931 bits per heavy atom. The van der Waals surface area contributed by atoms with E-state index in [1.54, 1.807) is 0 Å². The molecule has 0 saturated carbocycles. The van der Waals surface area contributed by atoms with Crippen LogP contribution in [0.4, 0.5) is 0 Å². The van der Waals surface area contributed by atoms with Crippen molar-refractivity contribution in [1.82, 2.24) is 0 Å². The molecule has 0 aromatic rings. The molecule has 0 saturated heterocycles. The van der Waals surface area contributed by atoms with Crippen molar-refractivity contribution < 1.29 is 17.0 Å². The molecule has 0 fully saturated rings. The van der Waals surface area contributed by atoms with Crippen LogP contribution in [0.5, 0.6) is 0 Å². The van der Waals surface area contributed by atoms with Crippen LogP contribution in [0.2, 0.25) is 0 Å². The van der Waals surface area contributed by atoms with Crippen LogP contribution in [0.15, 0.2) is 34.4 Å². The SMILES string of the molecule is CC(C)(C)C1=[C-]C(C(C)(C)C)=CC1.CC(C)(C)C1=[C-]C(C(C)(C)C)=CC1.[Cl][Ti][Cl]. The van der Waals surface area contributed by atoms with E-state index >= 15 is 0 Å². The third kappa shape index (κ3) is 10.9. The van der Waals surface area contributed by atoms with Gasteiger partial charge in [-0.3, -0.25) is 0 Å². The predicted molar refractivity (Wildman–Crippen MR) is 128 cm³/mol. The Labute approximate surface area is 199 Å². The molecule has 0 bridgehead atoms. The Hall–Kier alpha value is 0.254. The van der Waals surface area contributed by atoms with Crippen LogP contribution in [0.3, 0.4) is 0 Å². The van der Waals surface area contributed by atoms with E-state index in [1.165, 1.54) is 22.3 Å². The number of hydrogen-bond donors (Lipinski definition) is 0. The fraction of sp³-hybridized carbons (Fsp3) is 0.692. The Morgan fingerprint density at radius 2 is 0.828 bits per heavy atom. The molecule has 2 aliphatic rings. The first kappa shape index (κ1) is 29.3. The molecule has 2 rings (SSSR count). The molecule has 0 aromatic heterocycles. The second kappa shape index (κ2) is 11.2. The van der Waals surface area contributed by atoms with Gasteiger partial charge in [0.25, 0.3) is 0 Å². The van der Waals surface area contributed by atoms with E-state index in [4.69, 9.17) is 18.6 Å². The van der Waals surface area contributed by atoms with Crippen LogP contribution in [-0.4, -0.2) is 0 Å². The predicted octanol–water partition coefficient (Wildman–Crippen LogP) is 9.65. The van der Waals surface area contributed by atoms with Crippen molar-refractivity contribution in [2.24, 2.45) is 21.7 Å². The minimum absolute atomic E-state index is 0.257. The van der Waals surface area contributed by atoms with Gasteiger partial charge in [0.05, 0.1) is 0 Å². The van der Waals surface area contributed by atoms with Gasteiger partial charge in [0, 0.05) is 0 Å². The summed E-state index contributed by atoms with van der Waals surface area (Å²) in [5, 5.41) is 0. The molecule has 0 nitrogen and oxygen atoms in total. The van der Waals surface area contributed by atoms with Crippen molar-refractivity contribution >= 4 is 18.6 Å². The third-order valence-electron chi connectivity index (χ3n) is 5.02. The van der Waals surface area contributed by atoms with Gasteiger partial charge < -0.3 is 0 Å². The van der Waals surface area contributed by atoms with Gasteiger partial charge in [-0.1, -0.05) is 95.9 Å². The first-order valence-corrected chi connectivity index (χ1v) is 14.8.